The number of hydrogen-bond donors (Lipinski definition) is 1. The molecule has 0 fully saturated rings. The Kier molecular flexibility index (Phi) is 2.75. The fourth-order valence-electron chi connectivity index (χ4n) is 1.56. The number of fused-ring (bicyclic) bond motifs is 1. The van der Waals surface area contributed by atoms with E-state index in [0.717, 1.165) is 5.39 Å². The van der Waals surface area contributed by atoms with Crippen LogP contribution in [0.2, 0.25) is 5.02 Å². The first-order chi connectivity index (χ1) is 7.24. The van der Waals surface area contributed by atoms with Crippen molar-refractivity contribution in [1.29, 1.82) is 0 Å². The molecule has 15 heavy (non-hydrogen) atoms. The van der Waals surface area contributed by atoms with Gasteiger partial charge in [-0.05, 0) is 24.7 Å². The summed E-state index contributed by atoms with van der Waals surface area (Å²) in [6.07, 6.45) is 1.84. The average molecular weight is 224 g/mol. The molecule has 3 nitrogen and oxygen atoms in total. The van der Waals surface area contributed by atoms with E-state index in [-0.39, 0.29) is 5.78 Å². The minimum absolute atomic E-state index is 0.0468. The second-order valence-corrected chi connectivity index (χ2v) is 3.62. The van der Waals surface area contributed by atoms with E-state index in [1.165, 1.54) is 0 Å². The third-order valence-electron chi connectivity index (χ3n) is 2.23. The number of hydrogen-bond acceptors (Lipinski definition) is 3. The molecule has 0 atom stereocenters. The monoisotopic (exact) mass is 223 g/mol. The summed E-state index contributed by atoms with van der Waals surface area (Å²) in [5.41, 5.74) is 6.52. The van der Waals surface area contributed by atoms with Crippen LogP contribution >= 0.6 is 11.6 Å². The van der Waals surface area contributed by atoms with E-state index in [4.69, 9.17) is 21.8 Å². The summed E-state index contributed by atoms with van der Waals surface area (Å²) in [5.74, 6) is -0.0468. The highest BCUT2D eigenvalue weighted by Gasteiger charge is 2.14. The van der Waals surface area contributed by atoms with Gasteiger partial charge in [0.25, 0.3) is 0 Å². The van der Waals surface area contributed by atoms with Gasteiger partial charge < -0.3 is 10.2 Å². The first kappa shape index (κ1) is 10.2. The molecule has 0 bridgehead atoms. The van der Waals surface area contributed by atoms with E-state index in [0.29, 0.717) is 29.1 Å². The van der Waals surface area contributed by atoms with Gasteiger partial charge in [0.15, 0.2) is 5.78 Å². The van der Waals surface area contributed by atoms with Gasteiger partial charge in [-0.2, -0.15) is 0 Å². The highest BCUT2D eigenvalue weighted by Crippen LogP contribution is 2.27. The molecule has 1 heterocycles. The summed E-state index contributed by atoms with van der Waals surface area (Å²) in [7, 11) is 0. The van der Waals surface area contributed by atoms with Crippen molar-refractivity contribution in [2.45, 2.75) is 6.42 Å². The van der Waals surface area contributed by atoms with Gasteiger partial charge in [-0.1, -0.05) is 11.6 Å². The molecule has 1 aromatic carbocycles. The Balaban J connectivity index is 2.61. The fraction of sp³-hybridized carbons (Fsp3) is 0.182. The number of furan rings is 1. The predicted molar refractivity (Wildman–Crippen MR) is 59.2 cm³/mol. The Morgan fingerprint density at radius 1 is 1.40 bits per heavy atom. The van der Waals surface area contributed by atoms with Crippen LogP contribution in [0.1, 0.15) is 16.8 Å². The maximum Gasteiger partial charge on any atom is 0.166 e. The largest absolute Gasteiger partial charge is 0.464 e. The van der Waals surface area contributed by atoms with Gasteiger partial charge in [0.05, 0.1) is 11.3 Å². The first-order valence-electron chi connectivity index (χ1n) is 4.63. The summed E-state index contributed by atoms with van der Waals surface area (Å²) in [6, 6.07) is 5.15. The maximum absolute atomic E-state index is 11.8. The van der Waals surface area contributed by atoms with Crippen LogP contribution in [0, 0.1) is 0 Å². The highest BCUT2D eigenvalue weighted by molar-refractivity contribution is 6.35. The van der Waals surface area contributed by atoms with Crippen LogP contribution in [-0.2, 0) is 0 Å². The number of nitrogens with two attached hydrogens (primary N) is 1. The number of halogens is 1. The molecule has 0 aliphatic rings. The summed E-state index contributed by atoms with van der Waals surface area (Å²) >= 11 is 5.99. The fourth-order valence-corrected chi connectivity index (χ4v) is 1.83. The van der Waals surface area contributed by atoms with E-state index >= 15 is 0 Å². The second kappa shape index (κ2) is 4.04. The molecule has 2 N–H and O–H groups in total. The predicted octanol–water partition coefficient (Wildman–Crippen LogP) is 2.62. The molecule has 78 valence electrons. The number of carbonyl (C=O) groups is 1. The van der Waals surface area contributed by atoms with Crippen LogP contribution < -0.4 is 5.73 Å². The topological polar surface area (TPSA) is 56.2 Å². The van der Waals surface area contributed by atoms with Crippen molar-refractivity contribution in [2.24, 2.45) is 5.73 Å². The lowest BCUT2D eigenvalue weighted by molar-refractivity contribution is 0.0987. The summed E-state index contributed by atoms with van der Waals surface area (Å²) in [5, 5.41) is 1.20. The van der Waals surface area contributed by atoms with Crippen LogP contribution in [0.3, 0.4) is 0 Å². The van der Waals surface area contributed by atoms with Gasteiger partial charge >= 0.3 is 0 Å². The molecule has 0 spiro atoms. The van der Waals surface area contributed by atoms with Crippen LogP contribution in [0.4, 0.5) is 0 Å². The molecule has 2 rings (SSSR count). The van der Waals surface area contributed by atoms with Crippen molar-refractivity contribution in [2.75, 3.05) is 6.54 Å². The lowest BCUT2D eigenvalue weighted by atomic mass is 10.0. The third-order valence-corrected chi connectivity index (χ3v) is 2.55. The molecule has 0 saturated carbocycles. The van der Waals surface area contributed by atoms with Crippen molar-refractivity contribution in [1.82, 2.24) is 0 Å². The van der Waals surface area contributed by atoms with Gasteiger partial charge in [-0.25, -0.2) is 0 Å². The Morgan fingerprint density at radius 3 is 2.93 bits per heavy atom. The summed E-state index contributed by atoms with van der Waals surface area (Å²) in [6.45, 7) is 0.323. The Bertz CT molecular complexity index is 504. The van der Waals surface area contributed by atoms with E-state index < -0.39 is 0 Å². The zero-order valence-electron chi connectivity index (χ0n) is 8.00. The number of benzene rings is 1. The quantitative estimate of drug-likeness (QED) is 0.814. The number of carbonyl (C=O) groups excluding carboxylic acids is 1. The maximum atomic E-state index is 11.8. The van der Waals surface area contributed by atoms with E-state index in [1.54, 1.807) is 24.5 Å². The zero-order valence-corrected chi connectivity index (χ0v) is 8.75. The van der Waals surface area contributed by atoms with Gasteiger partial charge in [0.2, 0.25) is 0 Å². The minimum atomic E-state index is -0.0468. The molecular formula is C11H10ClNO2. The van der Waals surface area contributed by atoms with Gasteiger partial charge in [0, 0.05) is 17.4 Å². The van der Waals surface area contributed by atoms with Gasteiger partial charge in [0.1, 0.15) is 5.58 Å². The summed E-state index contributed by atoms with van der Waals surface area (Å²) < 4.78 is 5.20. The molecule has 0 unspecified atom stereocenters. The lowest BCUT2D eigenvalue weighted by Gasteiger charge is -2.03. The van der Waals surface area contributed by atoms with Crippen LogP contribution in [0.25, 0.3) is 11.0 Å². The van der Waals surface area contributed by atoms with Crippen LogP contribution in [0.5, 0.6) is 0 Å². The normalized spacial score (nSPS) is 10.8. The van der Waals surface area contributed by atoms with E-state index in [9.17, 15) is 4.79 Å². The van der Waals surface area contributed by atoms with Gasteiger partial charge in [-0.15, -0.1) is 0 Å². The van der Waals surface area contributed by atoms with Gasteiger partial charge in [-0.3, -0.25) is 4.79 Å². The van der Waals surface area contributed by atoms with Crippen molar-refractivity contribution >= 4 is 28.4 Å². The molecular weight excluding hydrogens is 214 g/mol. The molecule has 0 radical (unpaired) electrons. The Hall–Kier alpha value is -1.32. The smallest absolute Gasteiger partial charge is 0.166 e. The van der Waals surface area contributed by atoms with E-state index in [2.05, 4.69) is 0 Å². The number of rotatable bonds is 3. The van der Waals surface area contributed by atoms with Crippen LogP contribution in [-0.4, -0.2) is 12.3 Å². The van der Waals surface area contributed by atoms with Crippen molar-refractivity contribution in [3.63, 3.8) is 0 Å². The zero-order chi connectivity index (χ0) is 10.8. The summed E-state index contributed by atoms with van der Waals surface area (Å²) in [4.78, 5) is 11.8. The highest BCUT2D eigenvalue weighted by atomic mass is 35.5. The van der Waals surface area contributed by atoms with Crippen LogP contribution in [0.15, 0.2) is 28.9 Å². The lowest BCUT2D eigenvalue weighted by Crippen LogP contribution is -2.08. The first-order valence-corrected chi connectivity index (χ1v) is 5.01. The standard InChI is InChI=1S/C11H10ClNO2/c12-8-1-2-10-7(4-6-15-10)11(8)9(14)3-5-13/h1-2,4,6H,3,5,13H2. The molecule has 2 aromatic rings. The molecule has 4 heteroatoms. The molecule has 1 aromatic heterocycles. The van der Waals surface area contributed by atoms with Crippen molar-refractivity contribution in [3.05, 3.63) is 35.0 Å². The average Bonchev–Trinajstić information content (AvgIpc) is 2.65. The minimum Gasteiger partial charge on any atom is -0.464 e. The second-order valence-electron chi connectivity index (χ2n) is 3.22. The Morgan fingerprint density at radius 2 is 2.20 bits per heavy atom. The Labute approximate surface area is 91.8 Å². The van der Waals surface area contributed by atoms with Crippen molar-refractivity contribution < 1.29 is 9.21 Å². The molecule has 0 saturated heterocycles. The molecule has 0 aliphatic heterocycles. The molecule has 0 amide bonds. The SMILES string of the molecule is NCCC(=O)c1c(Cl)ccc2occc12. The molecule has 0 aliphatic carbocycles. The number of Topliss-reactive ketones (excluding diaryl/α,β-unsaturated/α-hetero) is 1. The number of ketones is 1. The van der Waals surface area contributed by atoms with Crippen molar-refractivity contribution in [3.8, 4) is 0 Å². The third kappa shape index (κ3) is 1.76. The van der Waals surface area contributed by atoms with E-state index in [1.807, 2.05) is 0 Å².